The average Bonchev–Trinajstić information content (AvgIpc) is 3.09. The van der Waals surface area contributed by atoms with Gasteiger partial charge in [0.05, 0.1) is 12.4 Å². The highest BCUT2D eigenvalue weighted by atomic mass is 16.6. The maximum atomic E-state index is 11.0. The summed E-state index contributed by atoms with van der Waals surface area (Å²) in [7, 11) is 1.53. The molecule has 9 heteroatoms. The third kappa shape index (κ3) is 2.27. The van der Waals surface area contributed by atoms with Crippen LogP contribution in [0.2, 0.25) is 0 Å². The first kappa shape index (κ1) is 16.1. The molecule has 3 heterocycles. The minimum absolute atomic E-state index is 0.245. The SMILES string of the molecule is CC[C@@]1(O)[C@H](O)[C@@H](C(C)OC)O[C@H]1n1cnc2c(N)ncnc21. The molecule has 1 fully saturated rings. The first-order chi connectivity index (χ1) is 10.9. The van der Waals surface area contributed by atoms with Crippen LogP contribution in [0.3, 0.4) is 0 Å². The van der Waals surface area contributed by atoms with Crippen LogP contribution in [0.5, 0.6) is 0 Å². The highest BCUT2D eigenvalue weighted by Crippen LogP contribution is 2.43. The molecule has 126 valence electrons. The lowest BCUT2D eigenvalue weighted by Gasteiger charge is -2.30. The topological polar surface area (TPSA) is 129 Å². The molecule has 1 aliphatic heterocycles. The second kappa shape index (κ2) is 5.68. The van der Waals surface area contributed by atoms with Crippen molar-refractivity contribution < 1.29 is 19.7 Å². The van der Waals surface area contributed by atoms with E-state index in [1.807, 2.05) is 0 Å². The van der Waals surface area contributed by atoms with Crippen molar-refractivity contribution in [3.8, 4) is 0 Å². The van der Waals surface area contributed by atoms with Gasteiger partial charge >= 0.3 is 0 Å². The van der Waals surface area contributed by atoms with E-state index in [0.29, 0.717) is 11.2 Å². The van der Waals surface area contributed by atoms with E-state index in [9.17, 15) is 10.2 Å². The molecule has 3 rings (SSSR count). The van der Waals surface area contributed by atoms with Crippen LogP contribution in [0.25, 0.3) is 11.2 Å². The molecule has 4 N–H and O–H groups in total. The van der Waals surface area contributed by atoms with Gasteiger partial charge in [-0.15, -0.1) is 0 Å². The summed E-state index contributed by atoms with van der Waals surface area (Å²) in [5, 5.41) is 21.5. The average molecular weight is 323 g/mol. The van der Waals surface area contributed by atoms with Crippen LogP contribution in [0.15, 0.2) is 12.7 Å². The number of imidazole rings is 1. The van der Waals surface area contributed by atoms with E-state index in [1.165, 1.54) is 19.8 Å². The number of hydrogen-bond acceptors (Lipinski definition) is 8. The van der Waals surface area contributed by atoms with Crippen molar-refractivity contribution in [2.24, 2.45) is 0 Å². The van der Waals surface area contributed by atoms with E-state index in [4.69, 9.17) is 15.2 Å². The van der Waals surface area contributed by atoms with Crippen LogP contribution >= 0.6 is 0 Å². The van der Waals surface area contributed by atoms with E-state index < -0.39 is 24.0 Å². The summed E-state index contributed by atoms with van der Waals surface area (Å²) >= 11 is 0. The Hall–Kier alpha value is -1.81. The fourth-order valence-corrected chi connectivity index (χ4v) is 3.00. The lowest BCUT2D eigenvalue weighted by atomic mass is 9.90. The Morgan fingerprint density at radius 3 is 2.87 bits per heavy atom. The smallest absolute Gasteiger partial charge is 0.168 e. The number of aliphatic hydroxyl groups excluding tert-OH is 1. The third-order valence-electron chi connectivity index (χ3n) is 4.58. The number of ether oxygens (including phenoxy) is 2. The predicted molar refractivity (Wildman–Crippen MR) is 81.4 cm³/mol. The van der Waals surface area contributed by atoms with Crippen molar-refractivity contribution in [1.82, 2.24) is 19.5 Å². The number of anilines is 1. The molecule has 0 spiro atoms. The van der Waals surface area contributed by atoms with E-state index >= 15 is 0 Å². The number of aromatic nitrogens is 4. The summed E-state index contributed by atoms with van der Waals surface area (Å²) < 4.78 is 12.7. The van der Waals surface area contributed by atoms with Gasteiger partial charge in [-0.05, 0) is 13.3 Å². The van der Waals surface area contributed by atoms with Crippen molar-refractivity contribution in [3.05, 3.63) is 12.7 Å². The zero-order valence-electron chi connectivity index (χ0n) is 13.2. The Labute approximate surface area is 133 Å². The molecule has 1 aliphatic rings. The largest absolute Gasteiger partial charge is 0.387 e. The molecule has 0 aromatic carbocycles. The molecule has 5 atom stereocenters. The molecule has 23 heavy (non-hydrogen) atoms. The highest BCUT2D eigenvalue weighted by Gasteiger charge is 2.56. The lowest BCUT2D eigenvalue weighted by molar-refractivity contribution is -0.112. The lowest BCUT2D eigenvalue weighted by Crippen LogP contribution is -2.48. The zero-order valence-corrected chi connectivity index (χ0v) is 13.2. The van der Waals surface area contributed by atoms with E-state index in [1.54, 1.807) is 18.4 Å². The van der Waals surface area contributed by atoms with E-state index in [-0.39, 0.29) is 18.3 Å². The van der Waals surface area contributed by atoms with Gasteiger partial charge in [0.15, 0.2) is 17.7 Å². The van der Waals surface area contributed by atoms with Gasteiger partial charge in [-0.3, -0.25) is 4.57 Å². The minimum atomic E-state index is -1.50. The number of methoxy groups -OCH3 is 1. The number of nitrogens with two attached hydrogens (primary N) is 1. The maximum absolute atomic E-state index is 11.0. The van der Waals surface area contributed by atoms with Gasteiger partial charge in [-0.25, -0.2) is 15.0 Å². The van der Waals surface area contributed by atoms with Gasteiger partial charge in [0.25, 0.3) is 0 Å². The summed E-state index contributed by atoms with van der Waals surface area (Å²) in [5.74, 6) is 0.245. The summed E-state index contributed by atoms with van der Waals surface area (Å²) in [4.78, 5) is 12.2. The Bertz CT molecular complexity index is 708. The van der Waals surface area contributed by atoms with Gasteiger partial charge in [0, 0.05) is 7.11 Å². The number of nitrogen functional groups attached to an aromatic ring is 1. The molecule has 2 aromatic rings. The van der Waals surface area contributed by atoms with Crippen LogP contribution in [-0.2, 0) is 9.47 Å². The molecule has 9 nitrogen and oxygen atoms in total. The van der Waals surface area contributed by atoms with Crippen molar-refractivity contribution in [3.63, 3.8) is 0 Å². The molecule has 1 unspecified atom stereocenters. The number of hydrogen-bond donors (Lipinski definition) is 3. The molecule has 1 saturated heterocycles. The Balaban J connectivity index is 2.08. The van der Waals surface area contributed by atoms with Gasteiger partial charge in [0.1, 0.15) is 29.7 Å². The Morgan fingerprint density at radius 2 is 2.22 bits per heavy atom. The van der Waals surface area contributed by atoms with Crippen LogP contribution in [0, 0.1) is 0 Å². The molecular formula is C14H21N5O4. The summed E-state index contributed by atoms with van der Waals surface area (Å²) in [6.45, 7) is 3.56. The second-order valence-electron chi connectivity index (χ2n) is 5.77. The molecule has 2 aromatic heterocycles. The third-order valence-corrected chi connectivity index (χ3v) is 4.58. The molecule has 0 bridgehead atoms. The fourth-order valence-electron chi connectivity index (χ4n) is 3.00. The molecule has 0 radical (unpaired) electrons. The van der Waals surface area contributed by atoms with Crippen molar-refractivity contribution in [1.29, 1.82) is 0 Å². The van der Waals surface area contributed by atoms with Crippen LogP contribution in [-0.4, -0.2) is 60.8 Å². The minimum Gasteiger partial charge on any atom is -0.387 e. The molecule has 0 saturated carbocycles. The van der Waals surface area contributed by atoms with Gasteiger partial charge < -0.3 is 25.4 Å². The van der Waals surface area contributed by atoms with Gasteiger partial charge in [-0.1, -0.05) is 6.92 Å². The zero-order chi connectivity index (χ0) is 16.8. The normalized spacial score (nSPS) is 32.5. The highest BCUT2D eigenvalue weighted by molar-refractivity contribution is 5.81. The first-order valence-electron chi connectivity index (χ1n) is 7.45. The Kier molecular flexibility index (Phi) is 3.96. The quantitative estimate of drug-likeness (QED) is 0.708. The standard InChI is InChI=1S/C14H21N5O4/c1-4-14(21)10(20)9(7(2)22-3)23-13(14)19-6-18-8-11(15)16-5-17-12(8)19/h5-7,9-10,13,20-21H,4H2,1-3H3,(H2,15,16,17)/t7?,9-,10-,13-,14-/m1/s1. The second-order valence-corrected chi connectivity index (χ2v) is 5.77. The summed E-state index contributed by atoms with van der Waals surface area (Å²) in [5.41, 5.74) is 5.16. The first-order valence-corrected chi connectivity index (χ1v) is 7.45. The number of fused-ring (bicyclic) bond motifs is 1. The molecule has 0 aliphatic carbocycles. The van der Waals surface area contributed by atoms with Crippen molar-refractivity contribution >= 4 is 17.0 Å². The van der Waals surface area contributed by atoms with Crippen molar-refractivity contribution in [2.75, 3.05) is 12.8 Å². The predicted octanol–water partition coefficient (Wildman–Crippen LogP) is -0.157. The molecule has 0 amide bonds. The Morgan fingerprint density at radius 1 is 1.48 bits per heavy atom. The van der Waals surface area contributed by atoms with Crippen molar-refractivity contribution in [2.45, 2.75) is 50.4 Å². The maximum Gasteiger partial charge on any atom is 0.168 e. The van der Waals surface area contributed by atoms with Crippen LogP contribution in [0.1, 0.15) is 26.5 Å². The van der Waals surface area contributed by atoms with Crippen LogP contribution < -0.4 is 5.73 Å². The van der Waals surface area contributed by atoms with Gasteiger partial charge in [-0.2, -0.15) is 0 Å². The summed E-state index contributed by atoms with van der Waals surface area (Å²) in [6.07, 6.45) is 0.0590. The van der Waals surface area contributed by atoms with E-state index in [0.717, 1.165) is 0 Å². The molecular weight excluding hydrogens is 302 g/mol. The summed E-state index contributed by atoms with van der Waals surface area (Å²) in [6, 6.07) is 0. The number of aliphatic hydroxyl groups is 2. The van der Waals surface area contributed by atoms with Gasteiger partial charge in [0.2, 0.25) is 0 Å². The number of rotatable bonds is 4. The van der Waals surface area contributed by atoms with Crippen LogP contribution in [0.4, 0.5) is 5.82 Å². The fraction of sp³-hybridized carbons (Fsp3) is 0.643. The number of nitrogens with zero attached hydrogens (tertiary/aromatic N) is 4. The monoisotopic (exact) mass is 323 g/mol. The van der Waals surface area contributed by atoms with E-state index in [2.05, 4.69) is 15.0 Å².